The Morgan fingerprint density at radius 2 is 1.50 bits per heavy atom. The molecule has 1 fully saturated rings. The summed E-state index contributed by atoms with van der Waals surface area (Å²) in [7, 11) is 0. The van der Waals surface area contributed by atoms with Crippen LogP contribution in [-0.4, -0.2) is 0 Å². The number of rotatable bonds is 3. The third kappa shape index (κ3) is 3.06. The maximum Gasteiger partial charge on any atom is 0.134 e. The SMILES string of the molecule is CCC1CCC(c2cc(F)c(-c3ccccc3)c(F)c2)CC1. The van der Waals surface area contributed by atoms with Gasteiger partial charge < -0.3 is 0 Å². The van der Waals surface area contributed by atoms with E-state index in [1.165, 1.54) is 19.3 Å². The molecular formula is C20H22F2. The fourth-order valence-corrected chi connectivity index (χ4v) is 3.61. The quantitative estimate of drug-likeness (QED) is 0.622. The zero-order valence-corrected chi connectivity index (χ0v) is 13.0. The minimum atomic E-state index is -0.446. The number of benzene rings is 2. The predicted molar refractivity (Wildman–Crippen MR) is 86.8 cm³/mol. The van der Waals surface area contributed by atoms with E-state index in [0.717, 1.165) is 24.3 Å². The first kappa shape index (κ1) is 15.2. The minimum Gasteiger partial charge on any atom is -0.206 e. The topological polar surface area (TPSA) is 0 Å². The van der Waals surface area contributed by atoms with Gasteiger partial charge in [-0.05, 0) is 60.8 Å². The summed E-state index contributed by atoms with van der Waals surface area (Å²) in [5.41, 5.74) is 1.51. The van der Waals surface area contributed by atoms with Crippen LogP contribution < -0.4 is 0 Å². The summed E-state index contributed by atoms with van der Waals surface area (Å²) < 4.78 is 28.9. The third-order valence-electron chi connectivity index (χ3n) is 5.02. The Balaban J connectivity index is 1.87. The monoisotopic (exact) mass is 300 g/mol. The molecule has 0 saturated heterocycles. The Bertz CT molecular complexity index is 602. The van der Waals surface area contributed by atoms with Crippen molar-refractivity contribution < 1.29 is 8.78 Å². The molecule has 1 saturated carbocycles. The van der Waals surface area contributed by atoms with Gasteiger partial charge in [-0.15, -0.1) is 0 Å². The highest BCUT2D eigenvalue weighted by Crippen LogP contribution is 2.38. The highest BCUT2D eigenvalue weighted by atomic mass is 19.1. The molecule has 0 amide bonds. The van der Waals surface area contributed by atoms with Crippen molar-refractivity contribution in [1.29, 1.82) is 0 Å². The second-order valence-electron chi connectivity index (χ2n) is 6.35. The second-order valence-corrected chi connectivity index (χ2v) is 6.35. The van der Waals surface area contributed by atoms with Gasteiger partial charge >= 0.3 is 0 Å². The van der Waals surface area contributed by atoms with Gasteiger partial charge in [0.1, 0.15) is 11.6 Å². The van der Waals surface area contributed by atoms with Crippen LogP contribution in [0.2, 0.25) is 0 Å². The average molecular weight is 300 g/mol. The fraction of sp³-hybridized carbons (Fsp3) is 0.400. The van der Waals surface area contributed by atoms with Gasteiger partial charge in [0.25, 0.3) is 0 Å². The zero-order chi connectivity index (χ0) is 15.5. The van der Waals surface area contributed by atoms with E-state index in [1.54, 1.807) is 36.4 Å². The lowest BCUT2D eigenvalue weighted by Crippen LogP contribution is -2.13. The maximum atomic E-state index is 14.5. The summed E-state index contributed by atoms with van der Waals surface area (Å²) in [5, 5.41) is 0. The van der Waals surface area contributed by atoms with Crippen LogP contribution in [0.5, 0.6) is 0 Å². The van der Waals surface area contributed by atoms with Gasteiger partial charge in [-0.25, -0.2) is 8.78 Å². The lowest BCUT2D eigenvalue weighted by Gasteiger charge is -2.28. The van der Waals surface area contributed by atoms with Crippen molar-refractivity contribution in [2.75, 3.05) is 0 Å². The third-order valence-corrected chi connectivity index (χ3v) is 5.02. The average Bonchev–Trinajstić information content (AvgIpc) is 2.55. The normalized spacial score (nSPS) is 21.8. The van der Waals surface area contributed by atoms with E-state index in [2.05, 4.69) is 6.92 Å². The van der Waals surface area contributed by atoms with Crippen molar-refractivity contribution in [1.82, 2.24) is 0 Å². The molecule has 1 aliphatic rings. The summed E-state index contributed by atoms with van der Waals surface area (Å²) in [4.78, 5) is 0. The van der Waals surface area contributed by atoms with E-state index in [9.17, 15) is 8.78 Å². The summed E-state index contributed by atoms with van der Waals surface area (Å²) in [5.74, 6) is 0.198. The first-order chi connectivity index (χ1) is 10.7. The maximum absolute atomic E-state index is 14.5. The number of halogens is 2. The Hall–Kier alpha value is -1.70. The Kier molecular flexibility index (Phi) is 4.56. The molecule has 0 radical (unpaired) electrons. The molecule has 0 atom stereocenters. The van der Waals surface area contributed by atoms with Gasteiger partial charge in [0.2, 0.25) is 0 Å². The van der Waals surface area contributed by atoms with Crippen LogP contribution in [0, 0.1) is 17.6 Å². The molecule has 22 heavy (non-hydrogen) atoms. The number of hydrogen-bond acceptors (Lipinski definition) is 0. The molecule has 0 N–H and O–H groups in total. The molecule has 3 rings (SSSR count). The highest BCUT2D eigenvalue weighted by Gasteiger charge is 2.23. The van der Waals surface area contributed by atoms with E-state index < -0.39 is 11.6 Å². The molecule has 116 valence electrons. The van der Waals surface area contributed by atoms with Gasteiger partial charge in [-0.1, -0.05) is 43.7 Å². The van der Waals surface area contributed by atoms with Crippen LogP contribution in [0.1, 0.15) is 50.5 Å². The molecule has 0 aromatic heterocycles. The molecule has 0 nitrogen and oxygen atoms in total. The first-order valence-corrected chi connectivity index (χ1v) is 8.23. The second kappa shape index (κ2) is 6.60. The van der Waals surface area contributed by atoms with E-state index in [-0.39, 0.29) is 5.56 Å². The lowest BCUT2D eigenvalue weighted by molar-refractivity contribution is 0.318. The molecular weight excluding hydrogens is 278 g/mol. The van der Waals surface area contributed by atoms with Gasteiger partial charge in [0.15, 0.2) is 0 Å². The first-order valence-electron chi connectivity index (χ1n) is 8.23. The van der Waals surface area contributed by atoms with Crippen molar-refractivity contribution in [3.8, 4) is 11.1 Å². The van der Waals surface area contributed by atoms with Gasteiger partial charge in [0, 0.05) is 0 Å². The Labute approximate surface area is 131 Å². The predicted octanol–water partition coefficient (Wildman–Crippen LogP) is 6.32. The van der Waals surface area contributed by atoms with Gasteiger partial charge in [-0.3, -0.25) is 0 Å². The fourth-order valence-electron chi connectivity index (χ4n) is 3.61. The standard InChI is InChI=1S/C20H22F2/c1-2-14-8-10-15(11-9-14)17-12-18(21)20(19(22)13-17)16-6-4-3-5-7-16/h3-7,12-15H,2,8-11H2,1H3. The molecule has 2 heteroatoms. The van der Waals surface area contributed by atoms with Gasteiger partial charge in [-0.2, -0.15) is 0 Å². The van der Waals surface area contributed by atoms with Gasteiger partial charge in [0.05, 0.1) is 5.56 Å². The summed E-state index contributed by atoms with van der Waals surface area (Å²) in [6, 6.07) is 12.0. The molecule has 0 bridgehead atoms. The lowest BCUT2D eigenvalue weighted by atomic mass is 9.77. The molecule has 0 spiro atoms. The van der Waals surface area contributed by atoms with E-state index in [4.69, 9.17) is 0 Å². The molecule has 1 aliphatic carbocycles. The van der Waals surface area contributed by atoms with Crippen LogP contribution >= 0.6 is 0 Å². The molecule has 0 unspecified atom stereocenters. The van der Waals surface area contributed by atoms with Crippen molar-refractivity contribution in [3.05, 3.63) is 59.7 Å². The molecule has 2 aromatic carbocycles. The van der Waals surface area contributed by atoms with Crippen molar-refractivity contribution in [3.63, 3.8) is 0 Å². The number of hydrogen-bond donors (Lipinski definition) is 0. The van der Waals surface area contributed by atoms with Crippen molar-refractivity contribution in [2.24, 2.45) is 5.92 Å². The van der Waals surface area contributed by atoms with Crippen LogP contribution in [0.3, 0.4) is 0 Å². The van der Waals surface area contributed by atoms with Crippen molar-refractivity contribution in [2.45, 2.75) is 44.9 Å². The van der Waals surface area contributed by atoms with E-state index >= 15 is 0 Å². The minimum absolute atomic E-state index is 0.0894. The van der Waals surface area contributed by atoms with E-state index in [1.807, 2.05) is 6.07 Å². The molecule has 0 heterocycles. The zero-order valence-electron chi connectivity index (χ0n) is 13.0. The Morgan fingerprint density at radius 3 is 2.05 bits per heavy atom. The summed E-state index contributed by atoms with van der Waals surface area (Å²) in [6.07, 6.45) is 5.64. The van der Waals surface area contributed by atoms with Crippen LogP contribution in [-0.2, 0) is 0 Å². The van der Waals surface area contributed by atoms with Crippen LogP contribution in [0.15, 0.2) is 42.5 Å². The van der Waals surface area contributed by atoms with Crippen LogP contribution in [0.4, 0.5) is 8.78 Å². The van der Waals surface area contributed by atoms with Crippen LogP contribution in [0.25, 0.3) is 11.1 Å². The summed E-state index contributed by atoms with van der Waals surface area (Å²) in [6.45, 7) is 2.22. The molecule has 2 aromatic rings. The molecule has 0 aliphatic heterocycles. The Morgan fingerprint density at radius 1 is 0.909 bits per heavy atom. The van der Waals surface area contributed by atoms with Crippen molar-refractivity contribution >= 4 is 0 Å². The smallest absolute Gasteiger partial charge is 0.134 e. The summed E-state index contributed by atoms with van der Waals surface area (Å²) >= 11 is 0. The highest BCUT2D eigenvalue weighted by molar-refractivity contribution is 5.65. The largest absolute Gasteiger partial charge is 0.206 e. The van der Waals surface area contributed by atoms with E-state index in [0.29, 0.717) is 11.5 Å².